The summed E-state index contributed by atoms with van der Waals surface area (Å²) >= 11 is 0. The van der Waals surface area contributed by atoms with Gasteiger partial charge in [-0.05, 0) is 0 Å². The normalized spacial score (nSPS) is 46.3. The quantitative estimate of drug-likeness (QED) is 0.0567. The summed E-state index contributed by atoms with van der Waals surface area (Å²) in [6.45, 7) is -3.74. The van der Waals surface area contributed by atoms with E-state index in [1.807, 2.05) is 0 Å². The molecule has 560 valence electrons. The van der Waals surface area contributed by atoms with E-state index in [1.165, 1.54) is 0 Å². The third kappa shape index (κ3) is 18.5. The Morgan fingerprint density at radius 2 is 0.408 bits per heavy atom. The van der Waals surface area contributed by atoms with Gasteiger partial charge < -0.3 is 172 Å². The Kier molecular flexibility index (Phi) is 26.9. The van der Waals surface area contributed by atoms with Gasteiger partial charge in [-0.2, -0.15) is 0 Å². The molecule has 0 saturated carbocycles. The van der Waals surface area contributed by atoms with Crippen LogP contribution in [0.2, 0.25) is 0 Å². The van der Waals surface area contributed by atoms with E-state index in [0.717, 1.165) is 0 Å². The van der Waals surface area contributed by atoms with Crippen LogP contribution in [0.15, 0.2) is 15.0 Å². The Bertz CT molecular complexity index is 2300. The van der Waals surface area contributed by atoms with Crippen LogP contribution >= 0.6 is 0 Å². The van der Waals surface area contributed by atoms with Gasteiger partial charge in [0.2, 0.25) is 0 Å². The summed E-state index contributed by atoms with van der Waals surface area (Å²) in [5, 5.41) is 167. The first kappa shape index (κ1) is 78.0. The van der Waals surface area contributed by atoms with Crippen molar-refractivity contribution < 1.29 is 175 Å². The highest BCUT2D eigenvalue weighted by Crippen LogP contribution is 2.39. The molecule has 21 heterocycles. The van der Waals surface area contributed by atoms with Gasteiger partial charge in [0.25, 0.3) is 0 Å². The molecule has 0 radical (unpaired) electrons. The summed E-state index contributed by atoms with van der Waals surface area (Å²) in [6.07, 6.45) is -69.0. The molecule has 0 aromatic heterocycles. The van der Waals surface area contributed by atoms with Crippen molar-refractivity contribution in [1.29, 1.82) is 0 Å². The van der Waals surface area contributed by atoms with Crippen molar-refractivity contribution in [1.82, 2.24) is 0 Å². The fourth-order valence-corrected chi connectivity index (χ4v) is 12.0. The SMILES string of the molecule is NC(N)=NC[C@H]1O[C@@H]2O[C@H]3[C@H](O)[C@@H](O)[C@@H](O[C@H]4[C@H](O)[C@@H](O)[C@@H](O[C@H]5[C@H](O)[C@@H](O)[C@@H](O[C@H]6[C@H](O)[C@@H](O)[C@@H](O[C@H]7[C@H](O)[C@@H](O)[C@@H](O[C@H]8[C@H](O)[C@@H](O)[C@@H](O[C@H]1[C@H](O)[C@H]2O)O[C@@H]8CN=C(N)N)O[C@@H]7C[NH+]=C(N)N)O[C@@H]6C[NH+]=C(N)[NH3+])O[C@@H]5C[NH+]=C(N)[NH3+])O[C@@H]4C[NH+]=C(N)[NH3+])O[C@@H]3CN=C(N)N. The number of nitrogens with two attached hydrogens (primary N) is 11. The molecule has 0 aromatic rings. The molecule has 21 saturated heterocycles. The Morgan fingerprint density at radius 1 is 0.245 bits per heavy atom. The summed E-state index contributed by atoms with van der Waals surface area (Å²) in [7, 11) is 0. The topological polar surface area (TPSA) is 875 Å². The van der Waals surface area contributed by atoms with E-state index in [2.05, 4.69) is 52.1 Å². The summed E-state index contributed by atoms with van der Waals surface area (Å²) in [5.41, 5.74) is 74.1. The second-order valence-electron chi connectivity index (χ2n) is 24.2. The van der Waals surface area contributed by atoms with Crippen molar-refractivity contribution in [2.24, 2.45) is 78.0 Å². The minimum Gasteiger partial charge on any atom is -0.387 e. The van der Waals surface area contributed by atoms with Gasteiger partial charge in [-0.25, -0.2) is 32.2 Å². The lowest BCUT2D eigenvalue weighted by Crippen LogP contribution is -2.91. The van der Waals surface area contributed by atoms with E-state index < -0.39 is 285 Å². The van der Waals surface area contributed by atoms with Crippen LogP contribution in [0.3, 0.4) is 0 Å². The highest BCUT2D eigenvalue weighted by Gasteiger charge is 2.60. The van der Waals surface area contributed by atoms with Crippen molar-refractivity contribution in [3.05, 3.63) is 0 Å². The average molecular weight is 1430 g/mol. The molecule has 49 nitrogen and oxygen atoms in total. The van der Waals surface area contributed by atoms with Crippen LogP contribution < -0.4 is 100 Å². The Balaban J connectivity index is 1.20. The average Bonchev–Trinajstić information content (AvgIpc) is 0.780. The molecule has 0 spiro atoms. The molecule has 21 aliphatic heterocycles. The van der Waals surface area contributed by atoms with Crippen molar-refractivity contribution in [2.75, 3.05) is 45.8 Å². The molecule has 0 aromatic carbocycles. The Labute approximate surface area is 554 Å². The van der Waals surface area contributed by atoms with Gasteiger partial charge in [0.15, 0.2) is 61.9 Å². The van der Waals surface area contributed by atoms with Gasteiger partial charge >= 0.3 is 23.8 Å². The number of aliphatic imine (C=N–C) groups is 3. The number of rotatable bonds is 14. The van der Waals surface area contributed by atoms with Crippen LogP contribution in [0.1, 0.15) is 0 Å². The van der Waals surface area contributed by atoms with Crippen LogP contribution in [0.5, 0.6) is 0 Å². The van der Waals surface area contributed by atoms with Crippen molar-refractivity contribution in [3.63, 3.8) is 0 Å². The second-order valence-corrected chi connectivity index (χ2v) is 24.2. The first-order chi connectivity index (χ1) is 46.1. The minimum atomic E-state index is -2.24. The number of aliphatic hydroxyl groups excluding tert-OH is 14. The highest BCUT2D eigenvalue weighted by molar-refractivity contribution is 5.76. The van der Waals surface area contributed by atoms with Crippen molar-refractivity contribution in [3.8, 4) is 0 Å². The van der Waals surface area contributed by atoms with Crippen LogP contribution in [0.25, 0.3) is 0 Å². The lowest BCUT2D eigenvalue weighted by Gasteiger charge is -2.50. The van der Waals surface area contributed by atoms with E-state index in [-0.39, 0.29) is 17.9 Å². The van der Waals surface area contributed by atoms with Crippen LogP contribution in [0.4, 0.5) is 0 Å². The van der Waals surface area contributed by atoms with E-state index in [1.54, 1.807) is 0 Å². The predicted octanol–water partition coefficient (Wildman–Crippen LogP) is -30.1. The molecule has 35 atom stereocenters. The van der Waals surface area contributed by atoms with Crippen LogP contribution in [-0.4, -0.2) is 374 Å². The lowest BCUT2D eigenvalue weighted by atomic mass is 9.94. The van der Waals surface area contributed by atoms with Crippen LogP contribution in [-0.2, 0) is 66.3 Å². The highest BCUT2D eigenvalue weighted by atomic mass is 16.8. The molecule has 14 bridgehead atoms. The Hall–Kier alpha value is -5.75. The molecule has 49 N–H and O–H groups in total. The predicted molar refractivity (Wildman–Crippen MR) is 314 cm³/mol. The number of guanidine groups is 7. The number of nitrogens with zero attached hydrogens (tertiary/aromatic N) is 3. The van der Waals surface area contributed by atoms with Gasteiger partial charge in [-0.1, -0.05) is 0 Å². The summed E-state index contributed by atoms with van der Waals surface area (Å²) in [4.78, 5) is 22.5. The molecule has 98 heavy (non-hydrogen) atoms. The van der Waals surface area contributed by atoms with Crippen LogP contribution in [0, 0.1) is 0 Å². The third-order valence-corrected chi connectivity index (χ3v) is 17.0. The van der Waals surface area contributed by atoms with Gasteiger partial charge in [0.05, 0.1) is 26.2 Å². The summed E-state index contributed by atoms with van der Waals surface area (Å²) in [5.74, 6) is -2.52. The monoisotopic (exact) mass is 1430 g/mol. The lowest BCUT2D eigenvalue weighted by molar-refractivity contribution is -0.533. The maximum atomic E-state index is 12.0. The third-order valence-electron chi connectivity index (χ3n) is 17.0. The van der Waals surface area contributed by atoms with Crippen molar-refractivity contribution >= 4 is 41.7 Å². The van der Waals surface area contributed by atoms with Gasteiger partial charge in [0, 0.05) is 0 Å². The number of nitrogens with one attached hydrogen (secondary N) is 4. The zero-order valence-electron chi connectivity index (χ0n) is 52.4. The van der Waals surface area contributed by atoms with Crippen molar-refractivity contribution in [2.45, 2.75) is 215 Å². The molecular weight excluding hydrogens is 1330 g/mol. The second kappa shape index (κ2) is 33.8. The Morgan fingerprint density at radius 3 is 0.571 bits per heavy atom. The molecule has 21 rings (SSSR count). The first-order valence-corrected chi connectivity index (χ1v) is 30.7. The molecule has 49 heteroatoms. The van der Waals surface area contributed by atoms with E-state index >= 15 is 0 Å². The standard InChI is InChI=1S/C49H91N21O28/c50-43(51)64-1-8-29-15(71)22(78)36(85-8)93-30-9(2-65-44(52)53)87-38(24(80)17(30)73)95-32-11(4-67-46(56)57)89-40(26(82)19(32)75)97-34-13(6-69-48(60)61)91-42(28(84)21(34)77)98-35-14(7-70-49(62)63)90-41(27(83)20(35)76)96-33-12(5-68-47(58)59)88-39(25(81)18(33)74)94-31-10(3-66-45(54)55)86-37(92-29)23(79)16(31)72/h8-42,71-84H,1-7H2,(H4,50,51,64)(H4,52,53,65)(H4,54,55,66)(H4,56,57,67)(H4,58,59,68)(H4,60,61,69)(H4,62,63,70)/p+7/t8-,9-,10-,11-,12-,13-,14-,15-,16-,17-,18-,19-,20-,21-,22-,23-,24-,25-,26-,27-,28-,29-,30-,31-,32-,33-,34-,35-,36-,37-,38-,39-,40-,41-,42-/m1/s1. The van der Waals surface area contributed by atoms with E-state index in [0.29, 0.717) is 0 Å². The van der Waals surface area contributed by atoms with E-state index in [9.17, 15) is 71.5 Å². The summed E-state index contributed by atoms with van der Waals surface area (Å²) < 4.78 is 85.8. The maximum Gasteiger partial charge on any atom is 0.434 e. The fourth-order valence-electron chi connectivity index (χ4n) is 12.0. The zero-order chi connectivity index (χ0) is 72.0. The maximum absolute atomic E-state index is 12.0. The number of hydrogen-bond acceptors (Lipinski definition) is 31. The van der Waals surface area contributed by atoms with Gasteiger partial charge in [0.1, 0.15) is 191 Å². The van der Waals surface area contributed by atoms with Gasteiger partial charge in [-0.3, -0.25) is 48.6 Å². The largest absolute Gasteiger partial charge is 0.434 e. The molecule has 0 amide bonds. The minimum absolute atomic E-state index is 0.160. The van der Waals surface area contributed by atoms with E-state index in [4.69, 9.17) is 129 Å². The molecular formula is C49H98N21O28+7. The number of quaternary nitrogens is 3. The molecule has 0 aliphatic carbocycles. The fraction of sp³-hybridized carbons (Fsp3) is 0.857. The molecule has 21 fully saturated rings. The zero-order valence-corrected chi connectivity index (χ0v) is 52.4. The smallest absolute Gasteiger partial charge is 0.387 e. The number of ether oxygens (including phenoxy) is 14. The molecule has 21 aliphatic rings. The summed E-state index contributed by atoms with van der Waals surface area (Å²) in [6, 6.07) is 0. The van der Waals surface area contributed by atoms with Gasteiger partial charge in [-0.15, -0.1) is 0 Å². The first-order valence-electron chi connectivity index (χ1n) is 30.7. The number of aliphatic hydroxyl groups is 14. The number of hydrogen-bond donors (Lipinski definition) is 32. The molecule has 0 unspecified atom stereocenters.